The molecular weight excluding hydrogens is 841 g/mol. The van der Waals surface area contributed by atoms with Gasteiger partial charge in [0.1, 0.15) is 31.1 Å². The van der Waals surface area contributed by atoms with Crippen molar-refractivity contribution in [2.45, 2.75) is 96.4 Å². The normalized spacial score (nSPS) is 17.8. The van der Waals surface area contributed by atoms with Crippen molar-refractivity contribution in [3.63, 3.8) is 0 Å². The van der Waals surface area contributed by atoms with Gasteiger partial charge in [0.05, 0.1) is 18.7 Å². The van der Waals surface area contributed by atoms with E-state index >= 15 is 0 Å². The van der Waals surface area contributed by atoms with Crippen LogP contribution in [0.1, 0.15) is 80.9 Å². The number of hydrazine groups is 1. The monoisotopic (exact) mass is 899 g/mol. The fourth-order valence-electron chi connectivity index (χ4n) is 8.43. The number of esters is 1. The van der Waals surface area contributed by atoms with Crippen LogP contribution in [-0.2, 0) is 28.3 Å². The van der Waals surface area contributed by atoms with E-state index in [0.717, 1.165) is 39.6 Å². The van der Waals surface area contributed by atoms with Crippen molar-refractivity contribution in [3.8, 4) is 22.6 Å². The van der Waals surface area contributed by atoms with E-state index in [1.165, 1.54) is 19.2 Å². The second-order valence-electron chi connectivity index (χ2n) is 18.8. The first-order chi connectivity index (χ1) is 30.8. The molecule has 0 radical (unpaired) electrons. The predicted octanol–water partition coefficient (Wildman–Crippen LogP) is 6.74. The summed E-state index contributed by atoms with van der Waals surface area (Å²) in [7, 11) is -1.15. The second-order valence-corrected chi connectivity index (χ2v) is 23.5. The molecule has 1 aliphatic carbocycles. The Morgan fingerprint density at radius 2 is 1.57 bits per heavy atom. The van der Waals surface area contributed by atoms with E-state index in [4.69, 9.17) is 13.9 Å². The topological polar surface area (TPSA) is 176 Å². The van der Waals surface area contributed by atoms with Crippen molar-refractivity contribution in [3.05, 3.63) is 113 Å². The summed E-state index contributed by atoms with van der Waals surface area (Å²) in [4.78, 5) is 70.1. The maximum absolute atomic E-state index is 14.4. The molecular formula is C49H58BN5O9Si. The third kappa shape index (κ3) is 9.33. The van der Waals surface area contributed by atoms with Gasteiger partial charge in [-0.1, -0.05) is 95.3 Å². The zero-order chi connectivity index (χ0) is 47.0. The lowest BCUT2D eigenvalue weighted by Gasteiger charge is -2.45. The van der Waals surface area contributed by atoms with Crippen molar-refractivity contribution in [1.82, 2.24) is 15.6 Å². The van der Waals surface area contributed by atoms with Crippen LogP contribution in [0.4, 0.5) is 11.4 Å². The average Bonchev–Trinajstić information content (AvgIpc) is 3.85. The van der Waals surface area contributed by atoms with Crippen LogP contribution in [0.15, 0.2) is 91.1 Å². The first kappa shape index (κ1) is 46.8. The molecule has 4 aromatic rings. The molecule has 4 N–H and O–H groups in total. The number of aromatic hydroxyl groups is 1. The molecule has 0 spiro atoms. The molecule has 3 aliphatic rings. The number of benzene rings is 4. The number of nitrogens with one attached hydrogen (secondary N) is 3. The van der Waals surface area contributed by atoms with Crippen molar-refractivity contribution >= 4 is 62.4 Å². The summed E-state index contributed by atoms with van der Waals surface area (Å²) < 4.78 is 18.1. The lowest BCUT2D eigenvalue weighted by Crippen LogP contribution is -2.57. The number of methoxy groups -OCH3 is 1. The molecule has 7 rings (SSSR count). The Hall–Kier alpha value is -6.23. The van der Waals surface area contributed by atoms with Crippen molar-refractivity contribution < 1.29 is 43.0 Å². The lowest BCUT2D eigenvalue weighted by molar-refractivity contribution is -0.155. The van der Waals surface area contributed by atoms with Gasteiger partial charge in [0.25, 0.3) is 11.7 Å². The number of Topliss-reactive ketones (excluding diaryl/α,β-unsaturated/α-hetero) is 1. The molecule has 16 heteroatoms. The van der Waals surface area contributed by atoms with E-state index in [9.17, 15) is 29.1 Å². The number of phenols is 1. The highest BCUT2D eigenvalue weighted by molar-refractivity contribution is 6.74. The minimum atomic E-state index is -2.50. The summed E-state index contributed by atoms with van der Waals surface area (Å²) in [5.74, 6) is -3.25. The van der Waals surface area contributed by atoms with Gasteiger partial charge in [0, 0.05) is 29.6 Å². The minimum Gasteiger partial charge on any atom is -0.504 e. The minimum absolute atomic E-state index is 0.00526. The number of ketones is 1. The van der Waals surface area contributed by atoms with Gasteiger partial charge in [-0.05, 0) is 89.0 Å². The van der Waals surface area contributed by atoms with E-state index in [1.54, 1.807) is 30.5 Å². The van der Waals surface area contributed by atoms with Crippen LogP contribution in [0.5, 0.6) is 11.5 Å². The summed E-state index contributed by atoms with van der Waals surface area (Å²) in [5.41, 5.74) is 13.3. The highest BCUT2D eigenvalue weighted by Crippen LogP contribution is 2.47. The smallest absolute Gasteiger partial charge is 0.376 e. The van der Waals surface area contributed by atoms with Crippen molar-refractivity contribution in [2.75, 3.05) is 24.0 Å². The molecule has 14 nitrogen and oxygen atoms in total. The van der Waals surface area contributed by atoms with E-state index < -0.39 is 56.2 Å². The number of nitrogens with zero attached hydrogens (tertiary/aromatic N) is 2. The van der Waals surface area contributed by atoms with E-state index in [-0.39, 0.29) is 47.9 Å². The number of amides is 2. The Kier molecular flexibility index (Phi) is 13.5. The Labute approximate surface area is 382 Å². The molecule has 0 bridgehead atoms. The molecule has 4 aromatic carbocycles. The average molecular weight is 900 g/mol. The van der Waals surface area contributed by atoms with Gasteiger partial charge < -0.3 is 44.3 Å². The van der Waals surface area contributed by atoms with Crippen LogP contribution in [0.3, 0.4) is 0 Å². The van der Waals surface area contributed by atoms with E-state index in [2.05, 4.69) is 50.0 Å². The van der Waals surface area contributed by atoms with Crippen molar-refractivity contribution in [2.24, 2.45) is 5.92 Å². The Balaban J connectivity index is 1.01. The molecule has 2 aliphatic heterocycles. The molecule has 340 valence electrons. The number of carbonyl (C=O) groups excluding carboxylic acids is 5. The molecule has 4 atom stereocenters. The molecule has 0 saturated carbocycles. The third-order valence-corrected chi connectivity index (χ3v) is 17.6. The first-order valence-corrected chi connectivity index (χ1v) is 24.9. The summed E-state index contributed by atoms with van der Waals surface area (Å²) in [6.45, 7) is 15.8. The fourth-order valence-corrected chi connectivity index (χ4v) is 9.67. The molecule has 2 unspecified atom stereocenters. The molecule has 0 saturated heterocycles. The standard InChI is InChI=1S/C49H58BN5O9Si/c1-28(2)43(44(58)48(61)63-26-38-35-16-12-10-14-33(35)34-15-11-13-17-36(34)38)51-45(59)29(3)52-53-32-20-18-30(19-21-32)31-22-40-47(64-65(8,9)49(4,5)6)55(50-27-56)39-24-41(57)42(62-7)23-37(39)46(60)54(40)25-31/h10-21,23-25,27-29,38,40,43,47,50,52-53,57H,22,26H2,1-9H3,(H,51,59)/t29-,40?,43?,47-/m0/s1. The Morgan fingerprint density at radius 3 is 2.15 bits per heavy atom. The van der Waals surface area contributed by atoms with Gasteiger partial charge in [-0.25, -0.2) is 10.2 Å². The van der Waals surface area contributed by atoms with Crippen LogP contribution in [-0.4, -0.2) is 93.6 Å². The number of carbonyl (C=O) groups is 5. The van der Waals surface area contributed by atoms with E-state index in [1.807, 2.05) is 79.0 Å². The Bertz CT molecular complexity index is 2480. The molecule has 2 amide bonds. The number of ether oxygens (including phenoxy) is 2. The zero-order valence-corrected chi connectivity index (χ0v) is 39.4. The highest BCUT2D eigenvalue weighted by Gasteiger charge is 2.49. The summed E-state index contributed by atoms with van der Waals surface area (Å²) in [6, 6.07) is 23.9. The van der Waals surface area contributed by atoms with Gasteiger partial charge in [-0.3, -0.25) is 14.4 Å². The third-order valence-electron chi connectivity index (χ3n) is 13.2. The van der Waals surface area contributed by atoms with Crippen LogP contribution in [0.25, 0.3) is 16.7 Å². The van der Waals surface area contributed by atoms with Gasteiger partial charge in [0.15, 0.2) is 19.8 Å². The van der Waals surface area contributed by atoms with Crippen LogP contribution in [0.2, 0.25) is 18.1 Å². The van der Waals surface area contributed by atoms with Crippen LogP contribution >= 0.6 is 0 Å². The fraction of sp³-hybridized carbons (Fsp3) is 0.367. The number of fused-ring (bicyclic) bond motifs is 5. The molecule has 0 aromatic heterocycles. The van der Waals surface area contributed by atoms with Crippen molar-refractivity contribution in [1.29, 1.82) is 0 Å². The quantitative estimate of drug-likeness (QED) is 0.0307. The number of hydrogen-bond acceptors (Lipinski definition) is 12. The molecule has 0 fully saturated rings. The van der Waals surface area contributed by atoms with Crippen LogP contribution < -0.4 is 25.7 Å². The zero-order valence-electron chi connectivity index (χ0n) is 38.4. The SMILES string of the molecule is COc1cc2c(cc1O)N(BC=O)[C@@H](O[Si](C)(C)C(C)(C)C)C1CC(c3ccc(NN[C@@H](C)C(=O)NC(C(=O)C(=O)OCC4c5ccccc5-c5ccccc54)C(C)C)cc3)=CN1C2=O. The number of anilines is 2. The van der Waals surface area contributed by atoms with E-state index in [0.29, 0.717) is 17.8 Å². The number of rotatable bonds is 16. The summed E-state index contributed by atoms with van der Waals surface area (Å²) in [6.07, 6.45) is 2.31. The maximum atomic E-state index is 14.4. The predicted molar refractivity (Wildman–Crippen MR) is 255 cm³/mol. The second kappa shape index (κ2) is 18.7. The first-order valence-electron chi connectivity index (χ1n) is 22.0. The van der Waals surface area contributed by atoms with Gasteiger partial charge in [0.2, 0.25) is 5.91 Å². The maximum Gasteiger partial charge on any atom is 0.376 e. The number of hydrogen-bond donors (Lipinski definition) is 4. The summed E-state index contributed by atoms with van der Waals surface area (Å²) >= 11 is 0. The molecule has 2 heterocycles. The number of phenolic OH excluding ortho intramolecular Hbond substituents is 1. The largest absolute Gasteiger partial charge is 0.504 e. The lowest BCUT2D eigenvalue weighted by atomic mass is 9.90. The van der Waals surface area contributed by atoms with Gasteiger partial charge in [-0.2, -0.15) is 0 Å². The Morgan fingerprint density at radius 1 is 0.938 bits per heavy atom. The van der Waals surface area contributed by atoms with Gasteiger partial charge in [-0.15, -0.1) is 0 Å². The summed E-state index contributed by atoms with van der Waals surface area (Å²) in [5, 5.41) is 13.4. The van der Waals surface area contributed by atoms with Crippen LogP contribution in [0, 0.1) is 5.92 Å². The highest BCUT2D eigenvalue weighted by atomic mass is 28.4. The molecule has 65 heavy (non-hydrogen) atoms. The van der Waals surface area contributed by atoms with Gasteiger partial charge >= 0.3 is 13.4 Å².